The average molecular weight is 1050 g/mol. The molecule has 4 fully saturated rings. The van der Waals surface area contributed by atoms with Crippen LogP contribution in [0.3, 0.4) is 0 Å². The zero-order valence-electron chi connectivity index (χ0n) is 46.1. The molecule has 4 aliphatic heterocycles. The number of fused-ring (bicyclic) bond motifs is 6. The largest absolute Gasteiger partial charge is 0.508 e. The second kappa shape index (κ2) is 22.9. The number of amides is 3. The van der Waals surface area contributed by atoms with E-state index in [0.717, 1.165) is 108 Å². The Morgan fingerprint density at radius 3 is 2.45 bits per heavy atom. The van der Waals surface area contributed by atoms with Crippen molar-refractivity contribution in [2.24, 2.45) is 11.3 Å². The molecular formula is C61H78N8O8. The summed E-state index contributed by atoms with van der Waals surface area (Å²) >= 11 is 0. The van der Waals surface area contributed by atoms with Crippen LogP contribution < -0.4 is 15.6 Å². The van der Waals surface area contributed by atoms with Gasteiger partial charge in [0, 0.05) is 94.3 Å². The second-order valence-electron chi connectivity index (χ2n) is 23.0. The summed E-state index contributed by atoms with van der Waals surface area (Å²) in [5, 5.41) is 17.2. The van der Waals surface area contributed by atoms with Crippen molar-refractivity contribution in [3.63, 3.8) is 0 Å². The van der Waals surface area contributed by atoms with Crippen molar-refractivity contribution in [2.75, 3.05) is 72.0 Å². The summed E-state index contributed by atoms with van der Waals surface area (Å²) in [4.78, 5) is 70.5. The monoisotopic (exact) mass is 1050 g/mol. The number of cyclic esters (lactones) is 1. The minimum absolute atomic E-state index is 0.0142. The highest BCUT2D eigenvalue weighted by Crippen LogP contribution is 2.44. The van der Waals surface area contributed by atoms with Gasteiger partial charge in [0.05, 0.1) is 36.0 Å². The smallest absolute Gasteiger partial charge is 0.324 e. The van der Waals surface area contributed by atoms with Gasteiger partial charge in [-0.15, -0.1) is 0 Å². The van der Waals surface area contributed by atoms with E-state index >= 15 is 9.59 Å². The van der Waals surface area contributed by atoms with E-state index in [1.165, 1.54) is 5.01 Å². The number of hydrogen-bond donors (Lipinski definition) is 3. The van der Waals surface area contributed by atoms with Crippen LogP contribution in [-0.4, -0.2) is 145 Å². The van der Waals surface area contributed by atoms with E-state index in [1.807, 2.05) is 49.5 Å². The topological polar surface area (TPSA) is 171 Å². The lowest BCUT2D eigenvalue weighted by atomic mass is 9.84. The van der Waals surface area contributed by atoms with E-state index in [0.29, 0.717) is 50.9 Å². The highest BCUT2D eigenvalue weighted by Gasteiger charge is 2.44. The molecule has 5 aliphatic rings. The number of esters is 1. The number of aromatic hydroxyl groups is 1. The number of rotatable bonds is 11. The van der Waals surface area contributed by atoms with Crippen LogP contribution >= 0.6 is 0 Å². The Morgan fingerprint density at radius 2 is 1.71 bits per heavy atom. The minimum atomic E-state index is -1.14. The number of piperazine rings is 1. The summed E-state index contributed by atoms with van der Waals surface area (Å²) in [7, 11) is 5.55. The van der Waals surface area contributed by atoms with Crippen molar-refractivity contribution in [1.82, 2.24) is 35.1 Å². The first-order valence-electron chi connectivity index (χ1n) is 28.0. The zero-order valence-corrected chi connectivity index (χ0v) is 46.1. The van der Waals surface area contributed by atoms with Gasteiger partial charge in [0.15, 0.2) is 0 Å². The molecule has 6 atom stereocenters. The number of hydrazine groups is 1. The molecule has 6 bridgehead atoms. The Labute approximate surface area is 453 Å². The van der Waals surface area contributed by atoms with E-state index in [1.54, 1.807) is 31.2 Å². The summed E-state index contributed by atoms with van der Waals surface area (Å²) in [6.07, 6.45) is 6.51. The summed E-state index contributed by atoms with van der Waals surface area (Å²) < 4.78 is 20.8. The van der Waals surface area contributed by atoms with Crippen molar-refractivity contribution >= 4 is 40.3 Å². The number of nitrogens with one attached hydrogen (secondary N) is 2. The number of aryl methyl sites for hydroxylation is 1. The fourth-order valence-electron chi connectivity index (χ4n) is 12.8. The van der Waals surface area contributed by atoms with Crippen LogP contribution in [-0.2, 0) is 52.8 Å². The van der Waals surface area contributed by atoms with Gasteiger partial charge >= 0.3 is 5.97 Å². The molecule has 410 valence electrons. The number of hydrogen-bond acceptors (Lipinski definition) is 12. The number of aromatic nitrogens is 2. The number of carbonyl (C=O) groups is 4. The van der Waals surface area contributed by atoms with Crippen molar-refractivity contribution in [2.45, 2.75) is 128 Å². The SMILES string of the molecule is CCn1c(-c2cc(N3CCN(C)CC3)cnc2[C@H](C)OC)c2c3cc(ccc31)-c1cc(O)cc(c1)C[C@H](NC(=O)C(C1CCCC1)N(C)C(=O)[C@H]1OCC[C@H]1c1ccccc1)C(=O)N1CCC[C@H](N1)C(=O)OCC(C)(C)C2. The molecule has 10 rings (SSSR count). The van der Waals surface area contributed by atoms with E-state index in [4.69, 9.17) is 19.2 Å². The summed E-state index contributed by atoms with van der Waals surface area (Å²) in [5.41, 5.74) is 11.9. The molecule has 3 saturated heterocycles. The number of nitrogens with zero attached hydrogens (tertiary/aromatic N) is 6. The molecule has 3 amide bonds. The molecule has 0 spiro atoms. The Morgan fingerprint density at radius 1 is 0.948 bits per heavy atom. The molecular weight excluding hydrogens is 973 g/mol. The fourth-order valence-corrected chi connectivity index (χ4v) is 12.8. The molecule has 3 N–H and O–H groups in total. The minimum Gasteiger partial charge on any atom is -0.508 e. The van der Waals surface area contributed by atoms with Gasteiger partial charge in [0.1, 0.15) is 30.0 Å². The van der Waals surface area contributed by atoms with E-state index in [2.05, 4.69) is 77.2 Å². The number of ether oxygens (including phenoxy) is 3. The van der Waals surface area contributed by atoms with E-state index in [9.17, 15) is 14.7 Å². The number of methoxy groups -OCH3 is 1. The van der Waals surface area contributed by atoms with Crippen LogP contribution in [0.5, 0.6) is 5.75 Å². The van der Waals surface area contributed by atoms with Gasteiger partial charge in [0.25, 0.3) is 11.8 Å². The lowest BCUT2D eigenvalue weighted by Gasteiger charge is -2.37. The first kappa shape index (κ1) is 54.0. The predicted molar refractivity (Wildman–Crippen MR) is 297 cm³/mol. The van der Waals surface area contributed by atoms with E-state index < -0.39 is 47.4 Å². The summed E-state index contributed by atoms with van der Waals surface area (Å²) in [6, 6.07) is 21.1. The van der Waals surface area contributed by atoms with Gasteiger partial charge in [-0.2, -0.15) is 0 Å². The molecule has 77 heavy (non-hydrogen) atoms. The van der Waals surface area contributed by atoms with E-state index in [-0.39, 0.29) is 42.6 Å². The molecule has 16 nitrogen and oxygen atoms in total. The average Bonchev–Trinajstić information content (AvgIpc) is 4.22. The Hall–Kier alpha value is -6.33. The van der Waals surface area contributed by atoms with Crippen LogP contribution in [0.2, 0.25) is 0 Å². The standard InChI is InChI=1S/C61H78N8O8/c1-8-68-52-21-20-42-33-47(52)49(55(68)48-34-44(36-62-53(48)38(2)75-7)67-26-24-65(5)25-27-67)35-61(3,4)37-77-60(74)50-19-14-23-69(64-50)58(72)51(31-39-29-43(42)32-45(70)30-39)63-57(71)54(41-17-12-13-18-41)66(6)59(73)56-46(22-28-76-56)40-15-10-9-11-16-40/h9-11,15-16,20-21,29-30,32-34,36,38,41,46,50-51,54,56,64,70H,8,12-14,17-19,22-28,31,35,37H2,1-7H3,(H,63,71)/t38-,46-,50-,51-,54?,56-/m0/s1. The maximum absolute atomic E-state index is 15.1. The van der Waals surface area contributed by atoms with Crippen LogP contribution in [0, 0.1) is 11.3 Å². The first-order valence-corrected chi connectivity index (χ1v) is 28.0. The van der Waals surface area contributed by atoms with Gasteiger partial charge in [-0.05, 0) is 123 Å². The van der Waals surface area contributed by atoms with Gasteiger partial charge in [-0.1, -0.05) is 69.2 Å². The molecule has 5 aromatic rings. The van der Waals surface area contributed by atoms with Crippen LogP contribution in [0.4, 0.5) is 5.69 Å². The highest BCUT2D eigenvalue weighted by molar-refractivity contribution is 5.96. The lowest BCUT2D eigenvalue weighted by molar-refractivity contribution is -0.155. The molecule has 1 saturated carbocycles. The third-order valence-electron chi connectivity index (χ3n) is 17.1. The van der Waals surface area contributed by atoms with Gasteiger partial charge in [-0.25, -0.2) is 5.43 Å². The molecule has 0 radical (unpaired) electrons. The number of anilines is 1. The molecule has 1 unspecified atom stereocenters. The number of benzene rings is 3. The number of carbonyl (C=O) groups excluding carboxylic acids is 4. The predicted octanol–water partition coefficient (Wildman–Crippen LogP) is 7.79. The number of phenolic OH excluding ortho intramolecular Hbond substituents is 1. The Bertz CT molecular complexity index is 2960. The number of likely N-dealkylation sites (N-methyl/N-ethyl adjacent to an activating group) is 2. The normalized spacial score (nSPS) is 23.4. The Balaban J connectivity index is 1.05. The lowest BCUT2D eigenvalue weighted by Crippen LogP contribution is -2.62. The van der Waals surface area contributed by atoms with Gasteiger partial charge in [0.2, 0.25) is 5.91 Å². The Kier molecular flexibility index (Phi) is 16.1. The molecule has 2 aromatic heterocycles. The first-order chi connectivity index (χ1) is 37.1. The van der Waals surface area contributed by atoms with Crippen molar-refractivity contribution in [3.8, 4) is 28.1 Å². The molecule has 6 heterocycles. The quantitative estimate of drug-likeness (QED) is 0.110. The zero-order chi connectivity index (χ0) is 54.1. The van der Waals surface area contributed by atoms with Crippen molar-refractivity contribution in [3.05, 3.63) is 101 Å². The third-order valence-corrected chi connectivity index (χ3v) is 17.1. The maximum Gasteiger partial charge on any atom is 0.324 e. The third kappa shape index (κ3) is 11.3. The van der Waals surface area contributed by atoms with Crippen molar-refractivity contribution in [1.29, 1.82) is 0 Å². The summed E-state index contributed by atoms with van der Waals surface area (Å²) in [5.74, 6) is -1.86. The van der Waals surface area contributed by atoms with Crippen molar-refractivity contribution < 1.29 is 38.5 Å². The highest BCUT2D eigenvalue weighted by atomic mass is 16.5. The fraction of sp³-hybridized carbons (Fsp3) is 0.525. The number of pyridine rings is 1. The maximum atomic E-state index is 15.1. The van der Waals surface area contributed by atoms with Crippen LogP contribution in [0.25, 0.3) is 33.3 Å². The van der Waals surface area contributed by atoms with Gasteiger partial charge < -0.3 is 43.9 Å². The molecule has 16 heteroatoms. The van der Waals surface area contributed by atoms with Gasteiger partial charge in [-0.3, -0.25) is 29.2 Å². The molecule has 1 aliphatic carbocycles. The summed E-state index contributed by atoms with van der Waals surface area (Å²) in [6.45, 7) is 13.6. The van der Waals surface area contributed by atoms with Crippen LogP contribution in [0.15, 0.2) is 79.0 Å². The molecule has 3 aromatic carbocycles. The number of phenols is 1. The van der Waals surface area contributed by atoms with Crippen LogP contribution in [0.1, 0.15) is 107 Å². The second-order valence-corrected chi connectivity index (χ2v) is 23.0.